The van der Waals surface area contributed by atoms with E-state index >= 15 is 0 Å². The fourth-order valence-corrected chi connectivity index (χ4v) is 3.13. The number of nitrogens with zero attached hydrogens (tertiary/aromatic N) is 1. The van der Waals surface area contributed by atoms with Gasteiger partial charge in [0.2, 0.25) is 0 Å². The molecule has 2 unspecified atom stereocenters. The van der Waals surface area contributed by atoms with Gasteiger partial charge in [0.25, 0.3) is 0 Å². The van der Waals surface area contributed by atoms with Crippen molar-refractivity contribution in [3.63, 3.8) is 0 Å². The number of aromatic carboxylic acids is 1. The summed E-state index contributed by atoms with van der Waals surface area (Å²) in [4.78, 5) is 11.2. The lowest BCUT2D eigenvalue weighted by molar-refractivity contribution is -0.128. The molecule has 1 aliphatic rings. The molecule has 1 fully saturated rings. The highest BCUT2D eigenvalue weighted by Crippen LogP contribution is 2.52. The van der Waals surface area contributed by atoms with E-state index in [1.54, 1.807) is 6.07 Å². The maximum atomic E-state index is 11.2. The zero-order valence-corrected chi connectivity index (χ0v) is 12.4. The average molecular weight is 316 g/mol. The molecule has 1 N–H and O–H groups in total. The zero-order chi connectivity index (χ0) is 13.5. The van der Waals surface area contributed by atoms with Crippen molar-refractivity contribution in [2.75, 3.05) is 6.61 Å². The van der Waals surface area contributed by atoms with Crippen LogP contribution in [0.3, 0.4) is 0 Å². The smallest absolute Gasteiger partial charge is 0.352 e. The molecule has 2 rings (SSSR count). The number of halogens is 1. The third kappa shape index (κ3) is 2.10. The van der Waals surface area contributed by atoms with Gasteiger partial charge < -0.3 is 14.4 Å². The normalized spacial score (nSPS) is 25.8. The molecular weight excluding hydrogens is 298 g/mol. The van der Waals surface area contributed by atoms with E-state index < -0.39 is 5.97 Å². The van der Waals surface area contributed by atoms with E-state index in [0.29, 0.717) is 12.3 Å². The molecule has 1 saturated carbocycles. The topological polar surface area (TPSA) is 51.5 Å². The van der Waals surface area contributed by atoms with Gasteiger partial charge in [-0.1, -0.05) is 13.8 Å². The minimum Gasteiger partial charge on any atom is -0.477 e. The highest BCUT2D eigenvalue weighted by Gasteiger charge is 2.50. The van der Waals surface area contributed by atoms with Gasteiger partial charge in [-0.05, 0) is 35.3 Å². The second-order valence-electron chi connectivity index (χ2n) is 5.27. The third-order valence-corrected chi connectivity index (χ3v) is 4.30. The van der Waals surface area contributed by atoms with Crippen LogP contribution in [0.1, 0.15) is 43.7 Å². The van der Waals surface area contributed by atoms with Gasteiger partial charge in [-0.2, -0.15) is 0 Å². The summed E-state index contributed by atoms with van der Waals surface area (Å²) in [6.07, 6.45) is 2.91. The molecule has 5 heteroatoms. The summed E-state index contributed by atoms with van der Waals surface area (Å²) >= 11 is 3.34. The number of ether oxygens (including phenoxy) is 1. The summed E-state index contributed by atoms with van der Waals surface area (Å²) in [5.41, 5.74) is 0.286. The summed E-state index contributed by atoms with van der Waals surface area (Å²) in [6, 6.07) is 1.82. The van der Waals surface area contributed by atoms with Crippen LogP contribution in [0.2, 0.25) is 0 Å². The Morgan fingerprint density at radius 1 is 1.67 bits per heavy atom. The number of carboxylic acid groups (broad SMARTS) is 1. The molecule has 0 spiro atoms. The van der Waals surface area contributed by atoms with Crippen LogP contribution in [-0.4, -0.2) is 28.4 Å². The van der Waals surface area contributed by atoms with Crippen LogP contribution in [-0.2, 0) is 4.74 Å². The van der Waals surface area contributed by atoms with Gasteiger partial charge in [-0.15, -0.1) is 0 Å². The van der Waals surface area contributed by atoms with Crippen LogP contribution >= 0.6 is 15.9 Å². The van der Waals surface area contributed by atoms with E-state index in [1.807, 2.05) is 17.7 Å². The number of carbonyl (C=O) groups is 1. The largest absolute Gasteiger partial charge is 0.477 e. The molecule has 18 heavy (non-hydrogen) atoms. The van der Waals surface area contributed by atoms with Crippen molar-refractivity contribution < 1.29 is 14.6 Å². The first-order valence-electron chi connectivity index (χ1n) is 6.10. The number of hydrogen-bond acceptors (Lipinski definition) is 2. The van der Waals surface area contributed by atoms with Gasteiger partial charge in [0.15, 0.2) is 0 Å². The predicted octanol–water partition coefficient (Wildman–Crippen LogP) is 3.32. The lowest BCUT2D eigenvalue weighted by Gasteiger charge is -2.52. The highest BCUT2D eigenvalue weighted by molar-refractivity contribution is 9.10. The first-order chi connectivity index (χ1) is 8.37. The summed E-state index contributed by atoms with van der Waals surface area (Å²) in [5, 5.41) is 9.21. The van der Waals surface area contributed by atoms with Crippen molar-refractivity contribution >= 4 is 21.9 Å². The molecule has 1 aromatic rings. The second kappa shape index (κ2) is 4.70. The summed E-state index contributed by atoms with van der Waals surface area (Å²) in [6.45, 7) is 6.93. The van der Waals surface area contributed by atoms with Crippen LogP contribution < -0.4 is 0 Å². The molecule has 0 aliphatic heterocycles. The van der Waals surface area contributed by atoms with Crippen LogP contribution in [0.15, 0.2) is 16.7 Å². The van der Waals surface area contributed by atoms with E-state index in [2.05, 4.69) is 29.8 Å². The average Bonchev–Trinajstić information content (AvgIpc) is 2.65. The van der Waals surface area contributed by atoms with Crippen LogP contribution in [0.25, 0.3) is 0 Å². The molecular formula is C13H18BrNO3. The SMILES string of the molecule is CCOC1CC(n2cc(Br)cc2C(=O)O)C1(C)C. The molecule has 1 aromatic heterocycles. The lowest BCUT2D eigenvalue weighted by Crippen LogP contribution is -2.51. The maximum absolute atomic E-state index is 11.2. The molecule has 1 heterocycles. The second-order valence-corrected chi connectivity index (χ2v) is 6.19. The third-order valence-electron chi connectivity index (χ3n) is 3.86. The Labute approximate surface area is 115 Å². The fraction of sp³-hybridized carbons (Fsp3) is 0.615. The highest BCUT2D eigenvalue weighted by atomic mass is 79.9. The quantitative estimate of drug-likeness (QED) is 0.927. The van der Waals surface area contributed by atoms with Gasteiger partial charge in [0.1, 0.15) is 5.69 Å². The summed E-state index contributed by atoms with van der Waals surface area (Å²) < 4.78 is 8.33. The Kier molecular flexibility index (Phi) is 3.56. The predicted molar refractivity (Wildman–Crippen MR) is 71.9 cm³/mol. The van der Waals surface area contributed by atoms with Gasteiger partial charge in [0.05, 0.1) is 6.10 Å². The molecule has 0 amide bonds. The number of rotatable bonds is 4. The van der Waals surface area contributed by atoms with Gasteiger partial charge >= 0.3 is 5.97 Å². The molecule has 4 nitrogen and oxygen atoms in total. The maximum Gasteiger partial charge on any atom is 0.352 e. The van der Waals surface area contributed by atoms with Crippen molar-refractivity contribution in [1.82, 2.24) is 4.57 Å². The zero-order valence-electron chi connectivity index (χ0n) is 10.8. The van der Waals surface area contributed by atoms with E-state index in [9.17, 15) is 9.90 Å². The van der Waals surface area contributed by atoms with E-state index in [1.165, 1.54) is 0 Å². The molecule has 0 aromatic carbocycles. The van der Waals surface area contributed by atoms with E-state index in [-0.39, 0.29) is 17.6 Å². The molecule has 0 saturated heterocycles. The first-order valence-corrected chi connectivity index (χ1v) is 6.89. The monoisotopic (exact) mass is 315 g/mol. The van der Waals surface area contributed by atoms with Crippen molar-refractivity contribution in [3.8, 4) is 0 Å². The van der Waals surface area contributed by atoms with E-state index in [0.717, 1.165) is 10.9 Å². The number of hydrogen-bond donors (Lipinski definition) is 1. The van der Waals surface area contributed by atoms with Crippen LogP contribution in [0.4, 0.5) is 0 Å². The Morgan fingerprint density at radius 3 is 2.83 bits per heavy atom. The van der Waals surface area contributed by atoms with Crippen molar-refractivity contribution in [2.45, 2.75) is 39.3 Å². The Hall–Kier alpha value is -0.810. The summed E-state index contributed by atoms with van der Waals surface area (Å²) in [7, 11) is 0. The van der Waals surface area contributed by atoms with Crippen LogP contribution in [0.5, 0.6) is 0 Å². The van der Waals surface area contributed by atoms with Crippen LogP contribution in [0, 0.1) is 5.41 Å². The minimum absolute atomic E-state index is 0.0430. The van der Waals surface area contributed by atoms with Gasteiger partial charge in [-0.25, -0.2) is 4.79 Å². The molecule has 100 valence electrons. The van der Waals surface area contributed by atoms with Crippen molar-refractivity contribution in [3.05, 3.63) is 22.4 Å². The lowest BCUT2D eigenvalue weighted by atomic mass is 9.64. The minimum atomic E-state index is -0.892. The molecule has 0 radical (unpaired) electrons. The standard InChI is InChI=1S/C13H18BrNO3/c1-4-18-11-6-10(13(11,2)3)15-7-8(14)5-9(15)12(16)17/h5,7,10-11H,4,6H2,1-3H3,(H,16,17). The van der Waals surface area contributed by atoms with E-state index in [4.69, 9.17) is 4.74 Å². The molecule has 2 atom stereocenters. The van der Waals surface area contributed by atoms with Crippen molar-refractivity contribution in [2.24, 2.45) is 5.41 Å². The molecule has 1 aliphatic carbocycles. The van der Waals surface area contributed by atoms with Gasteiger partial charge in [0, 0.05) is 28.7 Å². The number of aromatic nitrogens is 1. The fourth-order valence-electron chi connectivity index (χ4n) is 2.70. The number of carboxylic acids is 1. The molecule has 0 bridgehead atoms. The summed E-state index contributed by atoms with van der Waals surface area (Å²) in [5.74, 6) is -0.892. The Morgan fingerprint density at radius 2 is 2.33 bits per heavy atom. The van der Waals surface area contributed by atoms with Crippen molar-refractivity contribution in [1.29, 1.82) is 0 Å². The Balaban J connectivity index is 2.27. The first kappa shape index (κ1) is 13.6. The Bertz CT molecular complexity index is 467. The van der Waals surface area contributed by atoms with Gasteiger partial charge in [-0.3, -0.25) is 0 Å².